The Hall–Kier alpha value is -2.86. The van der Waals surface area contributed by atoms with Gasteiger partial charge in [-0.1, -0.05) is 36.4 Å². The first kappa shape index (κ1) is 17.3. The molecule has 2 amide bonds. The molecule has 2 saturated heterocycles. The summed E-state index contributed by atoms with van der Waals surface area (Å²) in [5, 5.41) is 2.86. The van der Waals surface area contributed by atoms with Gasteiger partial charge in [0.05, 0.1) is 0 Å². The maximum Gasteiger partial charge on any atom is 0.312 e. The molecular weight excluding hydrogens is 352 g/mol. The summed E-state index contributed by atoms with van der Waals surface area (Å²) in [5.74, 6) is 0.749. The van der Waals surface area contributed by atoms with Crippen molar-refractivity contribution in [2.75, 3.05) is 0 Å². The molecule has 28 heavy (non-hydrogen) atoms. The molecule has 3 aliphatic rings. The molecule has 1 aromatic heterocycles. The first-order chi connectivity index (χ1) is 13.6. The zero-order valence-electron chi connectivity index (χ0n) is 15.7. The quantitative estimate of drug-likeness (QED) is 0.716. The Kier molecular flexibility index (Phi) is 4.28. The van der Waals surface area contributed by atoms with Gasteiger partial charge in [-0.25, -0.2) is 9.78 Å². The van der Waals surface area contributed by atoms with Crippen LogP contribution in [-0.2, 0) is 13.0 Å². The maximum absolute atomic E-state index is 11.1. The predicted molar refractivity (Wildman–Crippen MR) is 107 cm³/mol. The number of hydrogen-bond donors (Lipinski definition) is 2. The van der Waals surface area contributed by atoms with Crippen LogP contribution < -0.4 is 11.1 Å². The van der Waals surface area contributed by atoms with Gasteiger partial charge in [0.1, 0.15) is 5.52 Å². The average Bonchev–Trinajstić information content (AvgIpc) is 3.09. The number of amides is 2. The number of urea groups is 1. The Balaban J connectivity index is 1.20. The number of hydrogen-bond acceptors (Lipinski definition) is 4. The molecule has 6 nitrogen and oxygen atoms in total. The van der Waals surface area contributed by atoms with Crippen molar-refractivity contribution in [2.45, 2.75) is 50.4 Å². The summed E-state index contributed by atoms with van der Waals surface area (Å²) in [6.07, 6.45) is 3.92. The Bertz CT molecular complexity index is 952. The van der Waals surface area contributed by atoms with Gasteiger partial charge in [0, 0.05) is 31.1 Å². The van der Waals surface area contributed by atoms with E-state index >= 15 is 0 Å². The van der Waals surface area contributed by atoms with Gasteiger partial charge in [0.15, 0.2) is 11.5 Å². The number of primary amides is 1. The predicted octanol–water partition coefficient (Wildman–Crippen LogP) is 3.19. The van der Waals surface area contributed by atoms with Gasteiger partial charge in [-0.3, -0.25) is 4.90 Å². The number of carbonyl (C=O) groups excluding carboxylic acids is 1. The summed E-state index contributed by atoms with van der Waals surface area (Å²) >= 11 is 0. The number of carbonyl (C=O) groups is 1. The van der Waals surface area contributed by atoms with Gasteiger partial charge < -0.3 is 15.5 Å². The minimum atomic E-state index is -0.410. The molecule has 3 N–H and O–H groups in total. The number of benzene rings is 2. The molecule has 6 rings (SSSR count). The lowest BCUT2D eigenvalue weighted by molar-refractivity contribution is -0.0458. The monoisotopic (exact) mass is 376 g/mol. The van der Waals surface area contributed by atoms with Crippen molar-refractivity contribution in [3.63, 3.8) is 0 Å². The maximum atomic E-state index is 11.1. The highest BCUT2D eigenvalue weighted by Crippen LogP contribution is 2.39. The van der Waals surface area contributed by atoms with Crippen LogP contribution >= 0.6 is 0 Å². The average molecular weight is 376 g/mol. The number of rotatable bonds is 5. The van der Waals surface area contributed by atoms with E-state index in [4.69, 9.17) is 10.2 Å². The largest absolute Gasteiger partial charge is 0.440 e. The van der Waals surface area contributed by atoms with Crippen molar-refractivity contribution >= 4 is 17.1 Å². The number of fused-ring (bicyclic) bond motifs is 3. The van der Waals surface area contributed by atoms with E-state index in [1.54, 1.807) is 0 Å². The van der Waals surface area contributed by atoms with E-state index in [0.29, 0.717) is 18.5 Å². The van der Waals surface area contributed by atoms with Crippen molar-refractivity contribution in [2.24, 2.45) is 5.73 Å². The Morgan fingerprint density at radius 3 is 2.50 bits per heavy atom. The lowest BCUT2D eigenvalue weighted by Crippen LogP contribution is -2.64. The molecule has 3 heterocycles. The van der Waals surface area contributed by atoms with Crippen molar-refractivity contribution in [3.8, 4) is 0 Å². The Morgan fingerprint density at radius 1 is 1.07 bits per heavy atom. The van der Waals surface area contributed by atoms with Crippen LogP contribution in [0.25, 0.3) is 11.1 Å². The highest BCUT2D eigenvalue weighted by molar-refractivity contribution is 5.72. The van der Waals surface area contributed by atoms with E-state index in [9.17, 15) is 4.79 Å². The fourth-order valence-electron chi connectivity index (χ4n) is 4.68. The van der Waals surface area contributed by atoms with Gasteiger partial charge in [-0.2, -0.15) is 0 Å². The van der Waals surface area contributed by atoms with Crippen molar-refractivity contribution in [1.82, 2.24) is 15.2 Å². The third-order valence-electron chi connectivity index (χ3n) is 6.02. The molecule has 3 fully saturated rings. The Morgan fingerprint density at radius 2 is 1.79 bits per heavy atom. The molecule has 6 heteroatoms. The van der Waals surface area contributed by atoms with Crippen molar-refractivity contribution in [1.29, 1.82) is 0 Å². The second kappa shape index (κ2) is 6.95. The second-order valence-electron chi connectivity index (χ2n) is 7.96. The number of aromatic nitrogens is 1. The second-order valence-corrected chi connectivity index (χ2v) is 7.96. The molecule has 3 atom stereocenters. The van der Waals surface area contributed by atoms with Gasteiger partial charge in [0.25, 0.3) is 0 Å². The highest BCUT2D eigenvalue weighted by Gasteiger charge is 2.45. The van der Waals surface area contributed by atoms with Crippen LogP contribution in [0.2, 0.25) is 0 Å². The van der Waals surface area contributed by atoms with Crippen molar-refractivity contribution < 1.29 is 9.21 Å². The van der Waals surface area contributed by atoms with E-state index in [1.165, 1.54) is 17.5 Å². The smallest absolute Gasteiger partial charge is 0.312 e. The van der Waals surface area contributed by atoms with Crippen LogP contribution in [0.3, 0.4) is 0 Å². The standard InChI is InChI=1S/C22H24N4O2/c23-22(27)24-16-10-17-12-18(11-16)26(17)13-15-7-5-14(6-8-15)9-21-25-19-3-1-2-4-20(19)28-21/h1-8,16-18H,9-13H2,(H3,23,24,27)/t16-,17-,18?/m1/s1. The van der Waals surface area contributed by atoms with Crippen LogP contribution in [0.15, 0.2) is 52.9 Å². The van der Waals surface area contributed by atoms with Gasteiger partial charge in [0.2, 0.25) is 0 Å². The van der Waals surface area contributed by atoms with Gasteiger partial charge in [-0.05, 0) is 42.5 Å². The van der Waals surface area contributed by atoms with Crippen LogP contribution in [0.5, 0.6) is 0 Å². The molecule has 2 aliphatic heterocycles. The lowest BCUT2D eigenvalue weighted by atomic mass is 9.76. The minimum absolute atomic E-state index is 0.233. The summed E-state index contributed by atoms with van der Waals surface area (Å²) in [4.78, 5) is 18.2. The lowest BCUT2D eigenvalue weighted by Gasteiger charge is -2.55. The summed E-state index contributed by atoms with van der Waals surface area (Å²) < 4.78 is 5.82. The molecule has 1 unspecified atom stereocenters. The van der Waals surface area contributed by atoms with E-state index in [1.807, 2.05) is 24.3 Å². The third kappa shape index (κ3) is 3.36. The zero-order chi connectivity index (χ0) is 19.1. The molecular formula is C22H24N4O2. The van der Waals surface area contributed by atoms with E-state index in [2.05, 4.69) is 39.5 Å². The zero-order valence-corrected chi connectivity index (χ0v) is 15.7. The van der Waals surface area contributed by atoms with E-state index < -0.39 is 6.03 Å². The van der Waals surface area contributed by atoms with E-state index in [-0.39, 0.29) is 6.04 Å². The molecule has 3 aromatic rings. The number of nitrogens with two attached hydrogens (primary N) is 1. The Labute approximate surface area is 163 Å². The molecule has 0 spiro atoms. The summed E-state index contributed by atoms with van der Waals surface area (Å²) in [6.45, 7) is 0.960. The fourth-order valence-corrected chi connectivity index (χ4v) is 4.68. The van der Waals surface area contributed by atoms with Gasteiger partial charge >= 0.3 is 6.03 Å². The minimum Gasteiger partial charge on any atom is -0.440 e. The van der Waals surface area contributed by atoms with E-state index in [0.717, 1.165) is 36.4 Å². The number of nitrogens with one attached hydrogen (secondary N) is 1. The molecule has 1 aliphatic carbocycles. The normalized spacial score (nSPS) is 24.1. The topological polar surface area (TPSA) is 84.4 Å². The molecule has 0 radical (unpaired) electrons. The highest BCUT2D eigenvalue weighted by atomic mass is 16.3. The van der Waals surface area contributed by atoms with Crippen LogP contribution in [-0.4, -0.2) is 34.0 Å². The number of nitrogens with zero attached hydrogens (tertiary/aromatic N) is 2. The van der Waals surface area contributed by atoms with Crippen LogP contribution in [0.4, 0.5) is 4.79 Å². The molecule has 144 valence electrons. The van der Waals surface area contributed by atoms with Crippen LogP contribution in [0, 0.1) is 0 Å². The third-order valence-corrected chi connectivity index (χ3v) is 6.02. The number of para-hydroxylation sites is 2. The molecule has 2 bridgehead atoms. The SMILES string of the molecule is NC(=O)N[C@H]1CC2C[C@@H](C1)N2Cc1ccc(Cc2nc3ccccc3o2)cc1. The fraction of sp³-hybridized carbons (Fsp3) is 0.364. The first-order valence-electron chi connectivity index (χ1n) is 9.88. The summed E-state index contributed by atoms with van der Waals surface area (Å²) in [7, 11) is 0. The number of oxazole rings is 1. The first-order valence-corrected chi connectivity index (χ1v) is 9.88. The summed E-state index contributed by atoms with van der Waals surface area (Å²) in [5.41, 5.74) is 9.51. The molecule has 2 aromatic carbocycles. The van der Waals surface area contributed by atoms with Crippen molar-refractivity contribution in [3.05, 3.63) is 65.5 Å². The van der Waals surface area contributed by atoms with Gasteiger partial charge in [-0.15, -0.1) is 0 Å². The number of piperidine rings is 1. The molecule has 1 saturated carbocycles. The summed E-state index contributed by atoms with van der Waals surface area (Å²) in [6, 6.07) is 17.5. The van der Waals surface area contributed by atoms with Crippen LogP contribution in [0.1, 0.15) is 36.3 Å².